The van der Waals surface area contributed by atoms with Crippen LogP contribution >= 0.6 is 0 Å². The van der Waals surface area contributed by atoms with Gasteiger partial charge in [0.2, 0.25) is 0 Å². The first-order valence-electron chi connectivity index (χ1n) is 7.53. The largest absolute Gasteiger partial charge is 0.388 e. The highest BCUT2D eigenvalue weighted by Crippen LogP contribution is 2.31. The standard InChI is InChI=1S/C15H27N5O/c1-14(2,3)13-17-11(19-16)9-12(18-13)20(4)10-15(21)7-5-6-8-15/h9,21H,5-8,10,16H2,1-4H3,(H,17,18,19). The first kappa shape index (κ1) is 16.0. The predicted molar refractivity (Wildman–Crippen MR) is 85.2 cm³/mol. The number of nitrogens with two attached hydrogens (primary N) is 1. The Labute approximate surface area is 126 Å². The minimum absolute atomic E-state index is 0.160. The summed E-state index contributed by atoms with van der Waals surface area (Å²) >= 11 is 0. The summed E-state index contributed by atoms with van der Waals surface area (Å²) in [4.78, 5) is 11.0. The van der Waals surface area contributed by atoms with Crippen LogP contribution < -0.4 is 16.2 Å². The van der Waals surface area contributed by atoms with Gasteiger partial charge in [0.15, 0.2) is 0 Å². The average Bonchev–Trinajstić information content (AvgIpc) is 2.83. The molecule has 6 heteroatoms. The molecule has 1 aliphatic carbocycles. The second-order valence-electron chi connectivity index (χ2n) is 7.12. The van der Waals surface area contributed by atoms with Crippen molar-refractivity contribution in [2.75, 3.05) is 23.9 Å². The topological polar surface area (TPSA) is 87.3 Å². The zero-order valence-electron chi connectivity index (χ0n) is 13.5. The molecule has 21 heavy (non-hydrogen) atoms. The molecule has 4 N–H and O–H groups in total. The van der Waals surface area contributed by atoms with Crippen LogP contribution in [0, 0.1) is 0 Å². The van der Waals surface area contributed by atoms with Crippen molar-refractivity contribution in [2.24, 2.45) is 5.84 Å². The van der Waals surface area contributed by atoms with Crippen molar-refractivity contribution in [3.63, 3.8) is 0 Å². The van der Waals surface area contributed by atoms with Gasteiger partial charge < -0.3 is 15.4 Å². The Balaban J connectivity index is 2.25. The molecule has 1 fully saturated rings. The van der Waals surface area contributed by atoms with Crippen LogP contribution in [0.5, 0.6) is 0 Å². The van der Waals surface area contributed by atoms with Crippen molar-refractivity contribution < 1.29 is 5.11 Å². The lowest BCUT2D eigenvalue weighted by molar-refractivity contribution is 0.0558. The third-order valence-corrected chi connectivity index (χ3v) is 3.99. The van der Waals surface area contributed by atoms with Crippen molar-refractivity contribution in [3.8, 4) is 0 Å². The molecule has 0 aromatic carbocycles. The lowest BCUT2D eigenvalue weighted by Crippen LogP contribution is -2.39. The lowest BCUT2D eigenvalue weighted by atomic mass is 9.95. The minimum Gasteiger partial charge on any atom is -0.388 e. The molecule has 0 unspecified atom stereocenters. The van der Waals surface area contributed by atoms with Crippen molar-refractivity contribution >= 4 is 11.6 Å². The molecule has 0 radical (unpaired) electrons. The normalized spacial score (nSPS) is 17.8. The summed E-state index contributed by atoms with van der Waals surface area (Å²) in [6.45, 7) is 6.78. The molecule has 0 spiro atoms. The number of nitrogens with one attached hydrogen (secondary N) is 1. The lowest BCUT2D eigenvalue weighted by Gasteiger charge is -2.30. The van der Waals surface area contributed by atoms with Crippen molar-refractivity contribution in [1.29, 1.82) is 0 Å². The number of aromatic nitrogens is 2. The van der Waals surface area contributed by atoms with Gasteiger partial charge in [-0.15, -0.1) is 0 Å². The molecule has 0 amide bonds. The van der Waals surface area contributed by atoms with E-state index in [2.05, 4.69) is 36.2 Å². The molecule has 1 saturated carbocycles. The SMILES string of the molecule is CN(CC1(O)CCCC1)c1cc(NN)nc(C(C)(C)C)n1. The number of nitrogen functional groups attached to an aromatic ring is 1. The molecule has 1 aliphatic rings. The Hall–Kier alpha value is -1.40. The van der Waals surface area contributed by atoms with E-state index in [-0.39, 0.29) is 5.41 Å². The second-order valence-corrected chi connectivity index (χ2v) is 7.12. The molecule has 0 aliphatic heterocycles. The first-order chi connectivity index (χ1) is 9.73. The van der Waals surface area contributed by atoms with Crippen LogP contribution in [0.4, 0.5) is 11.6 Å². The summed E-state index contributed by atoms with van der Waals surface area (Å²) in [5.41, 5.74) is 1.84. The van der Waals surface area contributed by atoms with Crippen molar-refractivity contribution in [3.05, 3.63) is 11.9 Å². The monoisotopic (exact) mass is 293 g/mol. The van der Waals surface area contributed by atoms with Gasteiger partial charge in [-0.05, 0) is 12.8 Å². The van der Waals surface area contributed by atoms with Crippen LogP contribution in [0.2, 0.25) is 0 Å². The number of nitrogens with zero attached hydrogens (tertiary/aromatic N) is 3. The fourth-order valence-electron chi connectivity index (χ4n) is 2.75. The van der Waals surface area contributed by atoms with E-state index in [1.807, 2.05) is 18.0 Å². The number of hydrazine groups is 1. The fourth-order valence-corrected chi connectivity index (χ4v) is 2.75. The summed E-state index contributed by atoms with van der Waals surface area (Å²) in [6, 6.07) is 1.81. The van der Waals surface area contributed by atoms with Gasteiger partial charge in [0.05, 0.1) is 5.60 Å². The highest BCUT2D eigenvalue weighted by Gasteiger charge is 2.33. The van der Waals surface area contributed by atoms with Crippen LogP contribution in [0.1, 0.15) is 52.3 Å². The van der Waals surface area contributed by atoms with E-state index in [0.29, 0.717) is 12.4 Å². The van der Waals surface area contributed by atoms with E-state index < -0.39 is 5.60 Å². The number of anilines is 2. The summed E-state index contributed by atoms with van der Waals surface area (Å²) in [7, 11) is 1.95. The van der Waals surface area contributed by atoms with Gasteiger partial charge in [-0.2, -0.15) is 0 Å². The van der Waals surface area contributed by atoms with Gasteiger partial charge in [0.25, 0.3) is 0 Å². The maximum atomic E-state index is 10.6. The number of likely N-dealkylation sites (N-methyl/N-ethyl adjacent to an activating group) is 1. The Morgan fingerprint density at radius 3 is 2.48 bits per heavy atom. The molecule has 6 nitrogen and oxygen atoms in total. The summed E-state index contributed by atoms with van der Waals surface area (Å²) in [5, 5.41) is 10.6. The van der Waals surface area contributed by atoms with E-state index in [0.717, 1.165) is 37.3 Å². The van der Waals surface area contributed by atoms with Gasteiger partial charge in [-0.1, -0.05) is 33.6 Å². The van der Waals surface area contributed by atoms with Gasteiger partial charge in [0, 0.05) is 25.1 Å². The Bertz CT molecular complexity index is 491. The van der Waals surface area contributed by atoms with E-state index in [4.69, 9.17) is 5.84 Å². The number of rotatable bonds is 4. The van der Waals surface area contributed by atoms with Crippen LogP contribution in [-0.4, -0.2) is 34.3 Å². The van der Waals surface area contributed by atoms with Gasteiger partial charge >= 0.3 is 0 Å². The smallest absolute Gasteiger partial charge is 0.145 e. The molecule has 118 valence electrons. The van der Waals surface area contributed by atoms with E-state index in [1.54, 1.807) is 0 Å². The van der Waals surface area contributed by atoms with E-state index in [9.17, 15) is 5.11 Å². The average molecular weight is 293 g/mol. The predicted octanol–water partition coefficient (Wildman–Crippen LogP) is 1.80. The molecule has 1 aromatic rings. The Kier molecular flexibility index (Phi) is 4.39. The number of hydrogen-bond donors (Lipinski definition) is 3. The fraction of sp³-hybridized carbons (Fsp3) is 0.733. The van der Waals surface area contributed by atoms with Gasteiger partial charge in [-0.3, -0.25) is 0 Å². The number of hydrogen-bond acceptors (Lipinski definition) is 6. The molecule has 0 saturated heterocycles. The second kappa shape index (κ2) is 5.77. The molecule has 0 bridgehead atoms. The van der Waals surface area contributed by atoms with Crippen molar-refractivity contribution in [2.45, 2.75) is 57.5 Å². The van der Waals surface area contributed by atoms with Gasteiger partial charge in [0.1, 0.15) is 17.5 Å². The molecule has 1 aromatic heterocycles. The molecule has 1 heterocycles. The summed E-state index contributed by atoms with van der Waals surface area (Å²) in [5.74, 6) is 7.62. The summed E-state index contributed by atoms with van der Waals surface area (Å²) < 4.78 is 0. The zero-order chi connectivity index (χ0) is 15.7. The highest BCUT2D eigenvalue weighted by atomic mass is 16.3. The Morgan fingerprint density at radius 1 is 1.33 bits per heavy atom. The maximum absolute atomic E-state index is 10.6. The van der Waals surface area contributed by atoms with Crippen LogP contribution in [0.3, 0.4) is 0 Å². The zero-order valence-corrected chi connectivity index (χ0v) is 13.5. The highest BCUT2D eigenvalue weighted by molar-refractivity contribution is 5.49. The van der Waals surface area contributed by atoms with E-state index >= 15 is 0 Å². The van der Waals surface area contributed by atoms with Crippen molar-refractivity contribution in [1.82, 2.24) is 9.97 Å². The Morgan fingerprint density at radius 2 is 1.95 bits per heavy atom. The minimum atomic E-state index is -0.599. The summed E-state index contributed by atoms with van der Waals surface area (Å²) in [6.07, 6.45) is 3.90. The third-order valence-electron chi connectivity index (χ3n) is 3.99. The molecular formula is C15H27N5O. The molecule has 2 rings (SSSR count). The maximum Gasteiger partial charge on any atom is 0.145 e. The quantitative estimate of drug-likeness (QED) is 0.579. The van der Waals surface area contributed by atoms with Crippen LogP contribution in [0.25, 0.3) is 0 Å². The number of aliphatic hydroxyl groups is 1. The molecule has 0 atom stereocenters. The molecular weight excluding hydrogens is 266 g/mol. The van der Waals surface area contributed by atoms with Crippen LogP contribution in [-0.2, 0) is 5.41 Å². The van der Waals surface area contributed by atoms with Gasteiger partial charge in [-0.25, -0.2) is 15.8 Å². The first-order valence-corrected chi connectivity index (χ1v) is 7.53. The third kappa shape index (κ3) is 3.83. The van der Waals surface area contributed by atoms with Crippen LogP contribution in [0.15, 0.2) is 6.07 Å². The van der Waals surface area contributed by atoms with E-state index in [1.165, 1.54) is 0 Å².